The van der Waals surface area contributed by atoms with E-state index in [-0.39, 0.29) is 5.56 Å². The average Bonchev–Trinajstić information content (AvgIpc) is 2.30. The van der Waals surface area contributed by atoms with E-state index < -0.39 is 5.97 Å². The molecule has 0 aliphatic heterocycles. The van der Waals surface area contributed by atoms with Crippen LogP contribution in [0.15, 0.2) is 18.2 Å². The summed E-state index contributed by atoms with van der Waals surface area (Å²) >= 11 is 1.83. The van der Waals surface area contributed by atoms with Gasteiger partial charge in [-0.25, -0.2) is 4.79 Å². The van der Waals surface area contributed by atoms with Crippen LogP contribution in [-0.2, 0) is 0 Å². The molecular weight excluding hydrogens is 236 g/mol. The van der Waals surface area contributed by atoms with Gasteiger partial charge in [0.05, 0.1) is 16.9 Å². The predicted molar refractivity (Wildman–Crippen MR) is 73.9 cm³/mol. The number of anilines is 2. The van der Waals surface area contributed by atoms with Crippen molar-refractivity contribution in [2.75, 3.05) is 29.6 Å². The van der Waals surface area contributed by atoms with E-state index >= 15 is 0 Å². The molecule has 1 aromatic carbocycles. The van der Waals surface area contributed by atoms with Crippen molar-refractivity contribution in [3.8, 4) is 0 Å². The van der Waals surface area contributed by atoms with Gasteiger partial charge in [-0.15, -0.1) is 0 Å². The van der Waals surface area contributed by atoms with Crippen molar-refractivity contribution < 1.29 is 9.90 Å². The molecule has 0 unspecified atom stereocenters. The Morgan fingerprint density at radius 1 is 1.47 bits per heavy atom. The van der Waals surface area contributed by atoms with Crippen LogP contribution in [0.25, 0.3) is 0 Å². The van der Waals surface area contributed by atoms with Gasteiger partial charge in [0.15, 0.2) is 0 Å². The second kappa shape index (κ2) is 7.06. The molecule has 1 rings (SSSR count). The van der Waals surface area contributed by atoms with Crippen molar-refractivity contribution in [2.24, 2.45) is 0 Å². The standard InChI is InChI=1S/C12H18N2O2S/c1-17-8-3-2-7-14-10-6-4-5-9(11(10)13)12(15)16/h4-6,14H,2-3,7-8,13H2,1H3,(H,15,16). The molecule has 0 amide bonds. The molecule has 0 radical (unpaired) electrons. The molecular formula is C12H18N2O2S. The Kier molecular flexibility index (Phi) is 5.69. The number of para-hydroxylation sites is 1. The molecule has 0 heterocycles. The van der Waals surface area contributed by atoms with Crippen LogP contribution in [0.1, 0.15) is 23.2 Å². The van der Waals surface area contributed by atoms with Gasteiger partial charge in [-0.1, -0.05) is 6.07 Å². The molecule has 0 aromatic heterocycles. The lowest BCUT2D eigenvalue weighted by Gasteiger charge is -2.10. The Labute approximate surface area is 106 Å². The molecule has 0 saturated carbocycles. The number of benzene rings is 1. The highest BCUT2D eigenvalue weighted by atomic mass is 32.2. The number of carboxylic acids is 1. The lowest BCUT2D eigenvalue weighted by atomic mass is 10.1. The van der Waals surface area contributed by atoms with E-state index in [4.69, 9.17) is 10.8 Å². The molecule has 94 valence electrons. The highest BCUT2D eigenvalue weighted by molar-refractivity contribution is 7.98. The topological polar surface area (TPSA) is 75.3 Å². The minimum absolute atomic E-state index is 0.152. The molecule has 0 aliphatic rings. The Hall–Kier alpha value is -1.36. The minimum atomic E-state index is -0.992. The number of nitrogen functional groups attached to an aromatic ring is 1. The van der Waals surface area contributed by atoms with Crippen molar-refractivity contribution in [1.82, 2.24) is 0 Å². The molecule has 4 N–H and O–H groups in total. The van der Waals surface area contributed by atoms with Crippen molar-refractivity contribution in [2.45, 2.75) is 12.8 Å². The first-order valence-corrected chi connectivity index (χ1v) is 6.90. The normalized spacial score (nSPS) is 10.2. The smallest absolute Gasteiger partial charge is 0.337 e. The second-order valence-electron chi connectivity index (χ2n) is 3.70. The Morgan fingerprint density at radius 3 is 2.88 bits per heavy atom. The third-order valence-corrected chi connectivity index (χ3v) is 3.12. The second-order valence-corrected chi connectivity index (χ2v) is 4.68. The molecule has 1 aromatic rings. The summed E-state index contributed by atoms with van der Waals surface area (Å²) in [6.07, 6.45) is 4.28. The molecule has 0 spiro atoms. The van der Waals surface area contributed by atoms with Gasteiger partial charge < -0.3 is 16.2 Å². The van der Waals surface area contributed by atoms with Crippen LogP contribution in [-0.4, -0.2) is 29.6 Å². The van der Waals surface area contributed by atoms with Crippen LogP contribution in [0.2, 0.25) is 0 Å². The number of nitrogens with one attached hydrogen (secondary N) is 1. The van der Waals surface area contributed by atoms with Crippen LogP contribution in [0.3, 0.4) is 0 Å². The summed E-state index contributed by atoms with van der Waals surface area (Å²) in [5, 5.41) is 12.1. The number of unbranched alkanes of at least 4 members (excludes halogenated alkanes) is 1. The highest BCUT2D eigenvalue weighted by Crippen LogP contribution is 2.22. The van der Waals surface area contributed by atoms with Crippen molar-refractivity contribution >= 4 is 29.1 Å². The van der Waals surface area contributed by atoms with E-state index in [0.717, 1.165) is 25.1 Å². The number of aromatic carboxylic acids is 1. The van der Waals surface area contributed by atoms with Gasteiger partial charge in [-0.05, 0) is 37.0 Å². The fraction of sp³-hybridized carbons (Fsp3) is 0.417. The van der Waals surface area contributed by atoms with Gasteiger partial charge in [0.1, 0.15) is 0 Å². The van der Waals surface area contributed by atoms with Gasteiger partial charge in [0.2, 0.25) is 0 Å². The fourth-order valence-electron chi connectivity index (χ4n) is 1.50. The summed E-state index contributed by atoms with van der Waals surface area (Å²) in [5.41, 5.74) is 6.94. The van der Waals surface area contributed by atoms with E-state index in [2.05, 4.69) is 11.6 Å². The minimum Gasteiger partial charge on any atom is -0.478 e. The number of hydrogen-bond donors (Lipinski definition) is 3. The third-order valence-electron chi connectivity index (χ3n) is 2.43. The van der Waals surface area contributed by atoms with Crippen molar-refractivity contribution in [3.05, 3.63) is 23.8 Å². The summed E-state index contributed by atoms with van der Waals surface area (Å²) in [5.74, 6) is 0.153. The fourth-order valence-corrected chi connectivity index (χ4v) is 1.99. The van der Waals surface area contributed by atoms with Crippen LogP contribution in [0, 0.1) is 0 Å². The van der Waals surface area contributed by atoms with Gasteiger partial charge >= 0.3 is 5.97 Å². The van der Waals surface area contributed by atoms with Gasteiger partial charge in [0.25, 0.3) is 0 Å². The zero-order valence-corrected chi connectivity index (χ0v) is 10.7. The molecule has 5 heteroatoms. The molecule has 0 fully saturated rings. The maximum atomic E-state index is 10.9. The molecule has 0 atom stereocenters. The predicted octanol–water partition coefficient (Wildman–Crippen LogP) is 2.52. The van der Waals surface area contributed by atoms with Gasteiger partial charge in [-0.2, -0.15) is 11.8 Å². The zero-order chi connectivity index (χ0) is 12.7. The summed E-state index contributed by atoms with van der Waals surface area (Å²) < 4.78 is 0. The first kappa shape index (κ1) is 13.7. The summed E-state index contributed by atoms with van der Waals surface area (Å²) in [6.45, 7) is 0.813. The Balaban J connectivity index is 2.54. The van der Waals surface area contributed by atoms with E-state index in [1.807, 2.05) is 11.8 Å². The molecule has 4 nitrogen and oxygen atoms in total. The summed E-state index contributed by atoms with van der Waals surface area (Å²) in [6, 6.07) is 5.01. The van der Waals surface area contributed by atoms with E-state index in [1.54, 1.807) is 12.1 Å². The average molecular weight is 254 g/mol. The van der Waals surface area contributed by atoms with Crippen molar-refractivity contribution in [1.29, 1.82) is 0 Å². The number of nitrogens with two attached hydrogens (primary N) is 1. The van der Waals surface area contributed by atoms with Crippen molar-refractivity contribution in [3.63, 3.8) is 0 Å². The molecule has 0 bridgehead atoms. The largest absolute Gasteiger partial charge is 0.478 e. The molecule has 17 heavy (non-hydrogen) atoms. The number of carbonyl (C=O) groups is 1. The maximum absolute atomic E-state index is 10.9. The van der Waals surface area contributed by atoms with Gasteiger partial charge in [-0.3, -0.25) is 0 Å². The van der Waals surface area contributed by atoms with Crippen LogP contribution in [0.4, 0.5) is 11.4 Å². The van der Waals surface area contributed by atoms with Gasteiger partial charge in [0, 0.05) is 6.54 Å². The third kappa shape index (κ3) is 4.19. The number of hydrogen-bond acceptors (Lipinski definition) is 4. The lowest BCUT2D eigenvalue weighted by Crippen LogP contribution is -2.08. The van der Waals surface area contributed by atoms with E-state index in [0.29, 0.717) is 11.4 Å². The van der Waals surface area contributed by atoms with E-state index in [9.17, 15) is 4.79 Å². The lowest BCUT2D eigenvalue weighted by molar-refractivity contribution is 0.0698. The summed E-state index contributed by atoms with van der Waals surface area (Å²) in [7, 11) is 0. The van der Waals surface area contributed by atoms with Crippen LogP contribution >= 0.6 is 11.8 Å². The Bertz CT molecular complexity index is 383. The van der Waals surface area contributed by atoms with Crippen LogP contribution < -0.4 is 11.1 Å². The Morgan fingerprint density at radius 2 is 2.24 bits per heavy atom. The quantitative estimate of drug-likeness (QED) is 0.515. The molecule has 0 saturated heterocycles. The zero-order valence-electron chi connectivity index (χ0n) is 9.90. The number of rotatable bonds is 7. The first-order valence-electron chi connectivity index (χ1n) is 5.51. The number of thioether (sulfide) groups is 1. The molecule has 0 aliphatic carbocycles. The van der Waals surface area contributed by atoms with E-state index in [1.165, 1.54) is 6.07 Å². The SMILES string of the molecule is CSCCCCNc1cccc(C(=O)O)c1N. The summed E-state index contributed by atoms with van der Waals surface area (Å²) in [4.78, 5) is 10.9. The monoisotopic (exact) mass is 254 g/mol. The first-order chi connectivity index (χ1) is 8.16. The highest BCUT2D eigenvalue weighted by Gasteiger charge is 2.10. The van der Waals surface area contributed by atoms with Crippen LogP contribution in [0.5, 0.6) is 0 Å². The maximum Gasteiger partial charge on any atom is 0.337 e. The number of carboxylic acid groups (broad SMARTS) is 1.